The van der Waals surface area contributed by atoms with Gasteiger partial charge in [0.2, 0.25) is 0 Å². The number of Topliss-reactive ketones (excluding diaryl/α,β-unsaturated/α-hetero) is 1. The van der Waals surface area contributed by atoms with Crippen molar-refractivity contribution in [3.63, 3.8) is 0 Å². The maximum absolute atomic E-state index is 11.1. The molecule has 0 aliphatic rings. The summed E-state index contributed by atoms with van der Waals surface area (Å²) in [6.07, 6.45) is 0. The quantitative estimate of drug-likeness (QED) is 0.686. The van der Waals surface area contributed by atoms with Crippen LogP contribution in [0, 0.1) is 11.3 Å². The zero-order valence-electron chi connectivity index (χ0n) is 7.53. The van der Waals surface area contributed by atoms with Crippen LogP contribution in [0.4, 0.5) is 0 Å². The number of hydrogen-bond acceptors (Lipinski definition) is 3. The van der Waals surface area contributed by atoms with Crippen molar-refractivity contribution in [2.45, 2.75) is 6.92 Å². The number of benzene rings is 1. The number of fused-ring (bicyclic) bond motifs is 1. The van der Waals surface area contributed by atoms with E-state index in [-0.39, 0.29) is 5.78 Å². The van der Waals surface area contributed by atoms with Crippen molar-refractivity contribution < 1.29 is 4.79 Å². The summed E-state index contributed by atoms with van der Waals surface area (Å²) in [6.45, 7) is 1.49. The highest BCUT2D eigenvalue weighted by Crippen LogP contribution is 2.17. The normalized spacial score (nSPS) is 10.0. The number of aromatic amines is 1. The Labute approximate surface area is 80.2 Å². The van der Waals surface area contributed by atoms with Gasteiger partial charge in [-0.1, -0.05) is 0 Å². The molecule has 0 unspecified atom stereocenters. The third-order valence-electron chi connectivity index (χ3n) is 2.08. The van der Waals surface area contributed by atoms with Crippen molar-refractivity contribution in [3.05, 3.63) is 29.5 Å². The lowest BCUT2D eigenvalue weighted by Crippen LogP contribution is -1.90. The maximum atomic E-state index is 11.1. The molecule has 0 saturated carbocycles. The summed E-state index contributed by atoms with van der Waals surface area (Å²) < 4.78 is 0. The van der Waals surface area contributed by atoms with Gasteiger partial charge < -0.3 is 0 Å². The summed E-state index contributed by atoms with van der Waals surface area (Å²) in [6, 6.07) is 7.10. The first-order valence-corrected chi connectivity index (χ1v) is 4.11. The number of ketones is 1. The number of carbonyl (C=O) groups excluding carboxylic acids is 1. The Morgan fingerprint density at radius 3 is 3.00 bits per heavy atom. The lowest BCUT2D eigenvalue weighted by Gasteiger charge is -1.94. The molecule has 1 heterocycles. The number of aromatic nitrogens is 2. The van der Waals surface area contributed by atoms with Gasteiger partial charge in [0, 0.05) is 10.9 Å². The summed E-state index contributed by atoms with van der Waals surface area (Å²) in [5, 5.41) is 16.0. The minimum absolute atomic E-state index is 0.0167. The molecule has 0 aliphatic carbocycles. The summed E-state index contributed by atoms with van der Waals surface area (Å²) >= 11 is 0. The molecule has 4 heteroatoms. The van der Waals surface area contributed by atoms with Crippen molar-refractivity contribution in [3.8, 4) is 6.07 Å². The minimum Gasteiger partial charge on any atom is -0.295 e. The van der Waals surface area contributed by atoms with Crippen molar-refractivity contribution in [1.29, 1.82) is 5.26 Å². The average Bonchev–Trinajstić information content (AvgIpc) is 2.59. The van der Waals surface area contributed by atoms with E-state index < -0.39 is 0 Å². The van der Waals surface area contributed by atoms with Crippen LogP contribution in [0.25, 0.3) is 10.9 Å². The third kappa shape index (κ3) is 1.15. The van der Waals surface area contributed by atoms with E-state index in [2.05, 4.69) is 10.2 Å². The third-order valence-corrected chi connectivity index (χ3v) is 2.08. The first-order chi connectivity index (χ1) is 6.72. The van der Waals surface area contributed by atoms with Crippen molar-refractivity contribution in [1.82, 2.24) is 10.2 Å². The monoisotopic (exact) mass is 185 g/mol. The molecule has 1 N–H and O–H groups in total. The van der Waals surface area contributed by atoms with Gasteiger partial charge in [0.15, 0.2) is 11.5 Å². The fraction of sp³-hybridized carbons (Fsp3) is 0.100. The molecule has 4 nitrogen and oxygen atoms in total. The van der Waals surface area contributed by atoms with E-state index in [1.54, 1.807) is 18.2 Å². The number of carbonyl (C=O) groups is 1. The van der Waals surface area contributed by atoms with Crippen LogP contribution in [-0.2, 0) is 0 Å². The number of nitriles is 1. The molecule has 0 saturated heterocycles. The molecular weight excluding hydrogens is 178 g/mol. The summed E-state index contributed by atoms with van der Waals surface area (Å²) in [7, 11) is 0. The Morgan fingerprint density at radius 2 is 2.36 bits per heavy atom. The molecule has 2 rings (SSSR count). The van der Waals surface area contributed by atoms with Gasteiger partial charge in [-0.2, -0.15) is 10.4 Å². The van der Waals surface area contributed by atoms with Crippen LogP contribution in [0.3, 0.4) is 0 Å². The zero-order valence-corrected chi connectivity index (χ0v) is 7.53. The number of nitrogens with one attached hydrogen (secondary N) is 1. The first kappa shape index (κ1) is 8.45. The van der Waals surface area contributed by atoms with Crippen LogP contribution >= 0.6 is 0 Å². The number of hydrogen-bond donors (Lipinski definition) is 1. The van der Waals surface area contributed by atoms with E-state index in [1.807, 2.05) is 6.07 Å². The Morgan fingerprint density at radius 1 is 1.57 bits per heavy atom. The Kier molecular flexibility index (Phi) is 1.79. The second-order valence-electron chi connectivity index (χ2n) is 3.00. The maximum Gasteiger partial charge on any atom is 0.170 e. The highest BCUT2D eigenvalue weighted by Gasteiger charge is 2.07. The predicted molar refractivity (Wildman–Crippen MR) is 50.8 cm³/mol. The summed E-state index contributed by atoms with van der Waals surface area (Å²) in [4.78, 5) is 11.1. The second kappa shape index (κ2) is 2.96. The smallest absolute Gasteiger partial charge is 0.170 e. The minimum atomic E-state index is -0.0167. The molecule has 1 aromatic carbocycles. The highest BCUT2D eigenvalue weighted by molar-refractivity contribution is 5.98. The Balaban J connectivity index is 2.75. The molecule has 0 amide bonds. The topological polar surface area (TPSA) is 69.5 Å². The van der Waals surface area contributed by atoms with E-state index >= 15 is 0 Å². The van der Waals surface area contributed by atoms with Gasteiger partial charge in [-0.3, -0.25) is 9.89 Å². The van der Waals surface area contributed by atoms with Crippen molar-refractivity contribution in [2.75, 3.05) is 0 Å². The molecular formula is C10H7N3O. The van der Waals surface area contributed by atoms with Gasteiger partial charge in [-0.25, -0.2) is 0 Å². The number of nitrogens with zero attached hydrogens (tertiary/aromatic N) is 2. The molecule has 0 fully saturated rings. The van der Waals surface area contributed by atoms with Crippen LogP contribution in [0.5, 0.6) is 0 Å². The molecule has 0 aliphatic heterocycles. The molecule has 0 bridgehead atoms. The largest absolute Gasteiger partial charge is 0.295 e. The van der Waals surface area contributed by atoms with Crippen molar-refractivity contribution in [2.24, 2.45) is 0 Å². The molecule has 14 heavy (non-hydrogen) atoms. The molecule has 2 aromatic rings. The highest BCUT2D eigenvalue weighted by atomic mass is 16.1. The van der Waals surface area contributed by atoms with E-state index in [0.29, 0.717) is 16.6 Å². The Hall–Kier alpha value is -2.15. The summed E-state index contributed by atoms with van der Waals surface area (Å²) in [5.41, 5.74) is 1.69. The first-order valence-electron chi connectivity index (χ1n) is 4.11. The second-order valence-corrected chi connectivity index (χ2v) is 3.00. The van der Waals surface area contributed by atoms with Crippen molar-refractivity contribution >= 4 is 16.7 Å². The van der Waals surface area contributed by atoms with Gasteiger partial charge >= 0.3 is 0 Å². The van der Waals surface area contributed by atoms with Gasteiger partial charge in [0.25, 0.3) is 0 Å². The molecule has 0 spiro atoms. The van der Waals surface area contributed by atoms with Gasteiger partial charge in [0.1, 0.15) is 6.07 Å². The average molecular weight is 185 g/mol. The zero-order chi connectivity index (χ0) is 10.1. The van der Waals surface area contributed by atoms with Crippen LogP contribution in [0.15, 0.2) is 18.2 Å². The predicted octanol–water partition coefficient (Wildman–Crippen LogP) is 1.64. The van der Waals surface area contributed by atoms with Gasteiger partial charge in [-0.15, -0.1) is 0 Å². The molecule has 68 valence electrons. The van der Waals surface area contributed by atoms with Gasteiger partial charge in [-0.05, 0) is 25.1 Å². The van der Waals surface area contributed by atoms with Crippen LogP contribution in [0.2, 0.25) is 0 Å². The lowest BCUT2D eigenvalue weighted by atomic mass is 10.1. The van der Waals surface area contributed by atoms with Crippen LogP contribution < -0.4 is 0 Å². The Bertz CT molecular complexity index is 548. The standard InChI is InChI=1S/C10H7N3O/c1-6(14)7-2-3-9-8(4-7)10(5-11)13-12-9/h2-4H,1H3,(H,12,13). The van der Waals surface area contributed by atoms with E-state index in [9.17, 15) is 4.79 Å². The molecule has 0 atom stereocenters. The van der Waals surface area contributed by atoms with Gasteiger partial charge in [0.05, 0.1) is 5.52 Å². The van der Waals surface area contributed by atoms with E-state index in [4.69, 9.17) is 5.26 Å². The molecule has 1 aromatic heterocycles. The SMILES string of the molecule is CC(=O)c1ccc2[nH]nc(C#N)c2c1. The number of rotatable bonds is 1. The molecule has 0 radical (unpaired) electrons. The number of H-pyrrole nitrogens is 1. The van der Waals surface area contributed by atoms with Crippen LogP contribution in [0.1, 0.15) is 23.0 Å². The van der Waals surface area contributed by atoms with E-state index in [1.165, 1.54) is 6.92 Å². The lowest BCUT2D eigenvalue weighted by molar-refractivity contribution is 0.101. The van der Waals surface area contributed by atoms with Crippen LogP contribution in [-0.4, -0.2) is 16.0 Å². The fourth-order valence-electron chi connectivity index (χ4n) is 1.32. The fourth-order valence-corrected chi connectivity index (χ4v) is 1.32. The van der Waals surface area contributed by atoms with E-state index in [0.717, 1.165) is 5.52 Å². The summed E-state index contributed by atoms with van der Waals surface area (Å²) in [5.74, 6) is -0.0167.